The predicted octanol–water partition coefficient (Wildman–Crippen LogP) is 8.89. The van der Waals surface area contributed by atoms with Gasteiger partial charge in [-0.1, -0.05) is 76.4 Å². The Bertz CT molecular complexity index is 1560. The lowest BCUT2D eigenvalue weighted by Crippen LogP contribution is -2.41. The van der Waals surface area contributed by atoms with Gasteiger partial charge in [-0.15, -0.1) is 0 Å². The van der Waals surface area contributed by atoms with Crippen LogP contribution in [-0.2, 0) is 17.0 Å². The van der Waals surface area contributed by atoms with Crippen LogP contribution in [0.1, 0.15) is 62.3 Å². The van der Waals surface area contributed by atoms with Crippen molar-refractivity contribution in [2.45, 2.75) is 57.7 Å². The van der Waals surface area contributed by atoms with Crippen LogP contribution in [0.3, 0.4) is 0 Å². The van der Waals surface area contributed by atoms with Crippen LogP contribution in [0.4, 0.5) is 0 Å². The monoisotopic (exact) mass is 613 g/mol. The molecule has 2 fully saturated rings. The van der Waals surface area contributed by atoms with Crippen LogP contribution in [0.15, 0.2) is 76.4 Å². The Morgan fingerprint density at radius 2 is 1.80 bits per heavy atom. The van der Waals surface area contributed by atoms with Gasteiger partial charge in [-0.05, 0) is 75.3 Å². The smallest absolute Gasteiger partial charge is 0.331 e. The van der Waals surface area contributed by atoms with Crippen LogP contribution in [0, 0.1) is 5.92 Å². The van der Waals surface area contributed by atoms with Crippen molar-refractivity contribution in [3.8, 4) is 17.0 Å². The largest absolute Gasteiger partial charge is 0.489 e. The first-order chi connectivity index (χ1) is 19.5. The van der Waals surface area contributed by atoms with Gasteiger partial charge in [0, 0.05) is 22.6 Å². The molecule has 2 N–H and O–H groups in total. The van der Waals surface area contributed by atoms with Gasteiger partial charge >= 0.3 is 5.97 Å². The van der Waals surface area contributed by atoms with Crippen molar-refractivity contribution in [1.82, 2.24) is 5.16 Å². The second-order valence-electron chi connectivity index (χ2n) is 10.8. The van der Waals surface area contributed by atoms with Gasteiger partial charge in [-0.2, -0.15) is 0 Å². The third-order valence-electron chi connectivity index (χ3n) is 7.94. The van der Waals surface area contributed by atoms with Crippen LogP contribution in [0.2, 0.25) is 15.1 Å². The fourth-order valence-electron chi connectivity index (χ4n) is 5.07. The summed E-state index contributed by atoms with van der Waals surface area (Å²) < 4.78 is 11.9. The molecule has 0 atom stereocenters. The molecule has 0 aliphatic heterocycles. The molecule has 2 saturated carbocycles. The van der Waals surface area contributed by atoms with Crippen molar-refractivity contribution < 1.29 is 24.3 Å². The molecule has 3 aromatic rings. The molecule has 2 aliphatic carbocycles. The van der Waals surface area contributed by atoms with Crippen molar-refractivity contribution >= 4 is 40.8 Å². The molecule has 0 spiro atoms. The predicted molar refractivity (Wildman–Crippen MR) is 161 cm³/mol. The fraction of sp³-hybridized carbons (Fsp3) is 0.312. The van der Waals surface area contributed by atoms with Crippen molar-refractivity contribution in [3.63, 3.8) is 0 Å². The zero-order valence-electron chi connectivity index (χ0n) is 22.7. The van der Waals surface area contributed by atoms with Crippen molar-refractivity contribution in [2.75, 3.05) is 0 Å². The number of benzene rings is 2. The number of carbonyl (C=O) groups is 1. The van der Waals surface area contributed by atoms with Gasteiger partial charge in [0.25, 0.3) is 0 Å². The van der Waals surface area contributed by atoms with Gasteiger partial charge in [-0.25, -0.2) is 4.79 Å². The van der Waals surface area contributed by atoms with E-state index < -0.39 is 11.6 Å². The van der Waals surface area contributed by atoms with E-state index in [1.54, 1.807) is 56.3 Å². The normalized spacial score (nSPS) is 21.0. The molecule has 0 radical (unpaired) electrons. The molecule has 1 heterocycles. The third kappa shape index (κ3) is 6.12. The first kappa shape index (κ1) is 29.5. The number of nitrogens with zero attached hydrogens (tertiary/aromatic N) is 1. The maximum absolute atomic E-state index is 11.3. The zero-order valence-corrected chi connectivity index (χ0v) is 25.0. The first-order valence-electron chi connectivity index (χ1n) is 13.3. The highest BCUT2D eigenvalue weighted by molar-refractivity contribution is 6.39. The molecule has 5 rings (SSSR count). The number of aliphatic carboxylic acids is 1. The maximum atomic E-state index is 11.3. The summed E-state index contributed by atoms with van der Waals surface area (Å²) in [4.78, 5) is 11.1. The summed E-state index contributed by atoms with van der Waals surface area (Å²) in [6, 6.07) is 10.6. The van der Waals surface area contributed by atoms with Crippen molar-refractivity contribution in [1.29, 1.82) is 0 Å². The number of carboxylic acids is 1. The molecule has 0 unspecified atom stereocenters. The number of allylic oxidation sites excluding steroid dienone is 4. The van der Waals surface area contributed by atoms with E-state index >= 15 is 0 Å². The van der Waals surface area contributed by atoms with Crippen molar-refractivity contribution in [2.24, 2.45) is 5.92 Å². The minimum atomic E-state index is -1.08. The first-order valence-corrected chi connectivity index (χ1v) is 14.5. The molecule has 214 valence electrons. The van der Waals surface area contributed by atoms with Crippen molar-refractivity contribution in [3.05, 3.63) is 104 Å². The highest BCUT2D eigenvalue weighted by atomic mass is 35.5. The minimum absolute atomic E-state index is 0.0608. The summed E-state index contributed by atoms with van der Waals surface area (Å²) in [7, 11) is 0. The summed E-state index contributed by atoms with van der Waals surface area (Å²) in [6.45, 7) is 7.61. The molecule has 0 saturated heterocycles. The van der Waals surface area contributed by atoms with Gasteiger partial charge < -0.3 is 19.5 Å². The summed E-state index contributed by atoms with van der Waals surface area (Å²) in [6.07, 6.45) is 6.54. The number of hydrogen-bond donors (Lipinski definition) is 2. The number of rotatable bonds is 10. The number of ether oxygens (including phenoxy) is 1. The second kappa shape index (κ2) is 11.7. The van der Waals surface area contributed by atoms with Crippen LogP contribution >= 0.6 is 34.8 Å². The molecule has 0 amide bonds. The highest BCUT2D eigenvalue weighted by Gasteiger charge is 2.45. The Balaban J connectivity index is 1.28. The lowest BCUT2D eigenvalue weighted by Gasteiger charge is -2.45. The quantitative estimate of drug-likeness (QED) is 0.175. The molecule has 2 aliphatic rings. The number of aliphatic hydroxyl groups is 1. The summed E-state index contributed by atoms with van der Waals surface area (Å²) in [5.74, 6) is 0.736. The lowest BCUT2D eigenvalue weighted by atomic mass is 9.65. The highest BCUT2D eigenvalue weighted by Crippen LogP contribution is 2.51. The van der Waals surface area contributed by atoms with Crippen LogP contribution in [0.25, 0.3) is 11.3 Å². The molecule has 0 bridgehead atoms. The topological polar surface area (TPSA) is 92.8 Å². The van der Waals surface area contributed by atoms with Gasteiger partial charge in [-0.3, -0.25) is 0 Å². The molecule has 6 nitrogen and oxygen atoms in total. The van der Waals surface area contributed by atoms with Gasteiger partial charge in [0.1, 0.15) is 23.8 Å². The molecular formula is C32H30Cl3NO5. The standard InChI is InChI=1S/C32H30Cl3NO5/c1-17(19(3)31(37)38)7-8-18(2)21-14-32(39,15-21)24-12-11-22(13-27(24)35)40-16-23-29(36-41-30(23)20-9-10-20)28-25(33)5-4-6-26(28)34/h4-8,11-13,20-21,39H,2,9-10,14-16H2,1,3H3,(H,37,38)/b8-7-,19-17+/t21-,32-. The third-order valence-corrected chi connectivity index (χ3v) is 8.89. The minimum Gasteiger partial charge on any atom is -0.489 e. The SMILES string of the molecule is C=C(/C=C\C(C)=C(/C)C(=O)O)[C@H]1C[C@@](O)(c2ccc(OCc3c(-c4c(Cl)cccc4Cl)noc3C3CC3)cc2Cl)C1. The fourth-order valence-corrected chi connectivity index (χ4v) is 5.99. The summed E-state index contributed by atoms with van der Waals surface area (Å²) in [5, 5.41) is 26.1. The Morgan fingerprint density at radius 3 is 2.41 bits per heavy atom. The van der Waals surface area contributed by atoms with E-state index in [4.69, 9.17) is 49.2 Å². The maximum Gasteiger partial charge on any atom is 0.331 e. The number of carboxylic acid groups (broad SMARTS) is 1. The molecule has 2 aromatic carbocycles. The van der Waals surface area contributed by atoms with Gasteiger partial charge in [0.2, 0.25) is 0 Å². The van der Waals surface area contributed by atoms with E-state index in [0.29, 0.717) is 62.0 Å². The number of hydrogen-bond acceptors (Lipinski definition) is 5. The lowest BCUT2D eigenvalue weighted by molar-refractivity contribution is -0.132. The average molecular weight is 615 g/mol. The Hall–Kier alpha value is -3.03. The molecule has 41 heavy (non-hydrogen) atoms. The zero-order chi connectivity index (χ0) is 29.5. The van der Waals surface area contributed by atoms with E-state index in [9.17, 15) is 9.90 Å². The van der Waals surface area contributed by atoms with E-state index in [2.05, 4.69) is 11.7 Å². The number of halogens is 3. The van der Waals surface area contributed by atoms with E-state index in [0.717, 1.165) is 29.7 Å². The molecule has 9 heteroatoms. The summed E-state index contributed by atoms with van der Waals surface area (Å²) >= 11 is 19.6. The molecule has 1 aromatic heterocycles. The van der Waals surface area contributed by atoms with Crippen LogP contribution < -0.4 is 4.74 Å². The van der Waals surface area contributed by atoms with Gasteiger partial charge in [0.05, 0.1) is 26.2 Å². The van der Waals surface area contributed by atoms with Crippen LogP contribution in [-0.4, -0.2) is 21.3 Å². The van der Waals surface area contributed by atoms with Gasteiger partial charge in [0.15, 0.2) is 0 Å². The van der Waals surface area contributed by atoms with E-state index in [1.807, 2.05) is 6.08 Å². The average Bonchev–Trinajstić information content (AvgIpc) is 3.68. The van der Waals surface area contributed by atoms with Crippen LogP contribution in [0.5, 0.6) is 5.75 Å². The Morgan fingerprint density at radius 1 is 1.12 bits per heavy atom. The van der Waals surface area contributed by atoms with E-state index in [1.165, 1.54) is 0 Å². The second-order valence-corrected chi connectivity index (χ2v) is 12.1. The Labute approximate surface area is 253 Å². The van der Waals surface area contributed by atoms with E-state index in [-0.39, 0.29) is 18.1 Å². The summed E-state index contributed by atoms with van der Waals surface area (Å²) in [5.41, 5.74) is 3.30. The Kier molecular flexibility index (Phi) is 8.40. The molecular weight excluding hydrogens is 585 g/mol. The number of aromatic nitrogens is 1.